The predicted molar refractivity (Wildman–Crippen MR) is 60.9 cm³/mol. The number of aliphatic hydroxyl groups excluding tert-OH is 1. The summed E-state index contributed by atoms with van der Waals surface area (Å²) in [5.41, 5.74) is 4.36. The molecule has 3 N–H and O–H groups in total. The van der Waals surface area contributed by atoms with Crippen molar-refractivity contribution >= 4 is 0 Å². The number of nitrogens with two attached hydrogens (primary N) is 1. The number of benzene rings is 1. The predicted octanol–water partition coefficient (Wildman–Crippen LogP) is 2.24. The lowest BCUT2D eigenvalue weighted by molar-refractivity contribution is -0.137. The molecule has 0 saturated carbocycles. The first kappa shape index (κ1) is 15.9. The molecule has 1 aromatic rings. The quantitative estimate of drug-likeness (QED) is 0.621. The van der Waals surface area contributed by atoms with Crippen LogP contribution in [0.4, 0.5) is 17.6 Å². The van der Waals surface area contributed by atoms with Gasteiger partial charge in [-0.2, -0.15) is 13.2 Å². The van der Waals surface area contributed by atoms with Crippen LogP contribution in [-0.2, 0) is 10.9 Å². The van der Waals surface area contributed by atoms with Gasteiger partial charge < -0.3 is 15.6 Å². The largest absolute Gasteiger partial charge is 0.416 e. The van der Waals surface area contributed by atoms with E-state index >= 15 is 0 Å². The summed E-state index contributed by atoms with van der Waals surface area (Å²) in [4.78, 5) is 0. The molecule has 0 saturated heterocycles. The molecule has 0 heterocycles. The minimum atomic E-state index is -4.62. The molecular formula is C12H15F4NO2. The van der Waals surface area contributed by atoms with E-state index in [-0.39, 0.29) is 25.3 Å². The van der Waals surface area contributed by atoms with E-state index in [2.05, 4.69) is 0 Å². The molecular weight excluding hydrogens is 266 g/mol. The highest BCUT2D eigenvalue weighted by Crippen LogP contribution is 2.32. The van der Waals surface area contributed by atoms with Gasteiger partial charge in [0.1, 0.15) is 5.82 Å². The Morgan fingerprint density at radius 2 is 1.95 bits per heavy atom. The highest BCUT2D eigenvalue weighted by molar-refractivity contribution is 5.28. The number of hydrogen-bond acceptors (Lipinski definition) is 3. The lowest BCUT2D eigenvalue weighted by Crippen LogP contribution is -2.18. The minimum absolute atomic E-state index is 0.0350. The summed E-state index contributed by atoms with van der Waals surface area (Å²) in [7, 11) is 0. The van der Waals surface area contributed by atoms with Crippen molar-refractivity contribution in [1.82, 2.24) is 0 Å². The first-order valence-corrected chi connectivity index (χ1v) is 5.68. The molecule has 19 heavy (non-hydrogen) atoms. The van der Waals surface area contributed by atoms with E-state index < -0.39 is 23.7 Å². The van der Waals surface area contributed by atoms with Crippen LogP contribution in [-0.4, -0.2) is 24.9 Å². The van der Waals surface area contributed by atoms with E-state index in [0.29, 0.717) is 12.5 Å². The molecule has 0 aliphatic carbocycles. The molecule has 1 atom stereocenters. The van der Waals surface area contributed by atoms with Crippen LogP contribution in [0.2, 0.25) is 0 Å². The molecule has 0 aliphatic rings. The summed E-state index contributed by atoms with van der Waals surface area (Å²) < 4.78 is 56.1. The van der Waals surface area contributed by atoms with Gasteiger partial charge >= 0.3 is 6.18 Å². The fourth-order valence-corrected chi connectivity index (χ4v) is 1.55. The van der Waals surface area contributed by atoms with Crippen LogP contribution in [0.1, 0.15) is 23.7 Å². The van der Waals surface area contributed by atoms with E-state index in [1.807, 2.05) is 0 Å². The summed E-state index contributed by atoms with van der Waals surface area (Å²) in [6.07, 6.45) is -5.12. The van der Waals surface area contributed by atoms with E-state index in [1.54, 1.807) is 0 Å². The summed E-state index contributed by atoms with van der Waals surface area (Å²) in [5.74, 6) is -0.992. The van der Waals surface area contributed by atoms with Gasteiger partial charge in [-0.25, -0.2) is 4.39 Å². The van der Waals surface area contributed by atoms with Crippen molar-refractivity contribution in [1.29, 1.82) is 0 Å². The van der Waals surface area contributed by atoms with Gasteiger partial charge in [0.2, 0.25) is 0 Å². The van der Waals surface area contributed by atoms with Gasteiger partial charge in [0, 0.05) is 19.8 Å². The molecule has 1 unspecified atom stereocenters. The number of aliphatic hydroxyl groups is 1. The Morgan fingerprint density at radius 3 is 2.47 bits per heavy atom. The maximum Gasteiger partial charge on any atom is 0.416 e. The maximum atomic E-state index is 13.2. The van der Waals surface area contributed by atoms with Gasteiger partial charge in [0.05, 0.1) is 11.7 Å². The molecule has 0 aromatic heterocycles. The van der Waals surface area contributed by atoms with Gasteiger partial charge in [-0.05, 0) is 30.2 Å². The number of ether oxygens (including phenoxy) is 1. The number of rotatable bonds is 6. The monoisotopic (exact) mass is 281 g/mol. The number of alkyl halides is 3. The average molecular weight is 281 g/mol. The third kappa shape index (κ3) is 4.77. The Labute approximate surface area is 108 Å². The second-order valence-electron chi connectivity index (χ2n) is 3.94. The first-order chi connectivity index (χ1) is 8.88. The van der Waals surface area contributed by atoms with Crippen LogP contribution in [0.15, 0.2) is 18.2 Å². The maximum absolute atomic E-state index is 13.2. The topological polar surface area (TPSA) is 55.5 Å². The van der Waals surface area contributed by atoms with Gasteiger partial charge in [-0.3, -0.25) is 0 Å². The second kappa shape index (κ2) is 6.83. The van der Waals surface area contributed by atoms with Crippen LogP contribution in [0, 0.1) is 5.82 Å². The molecule has 0 bridgehead atoms. The van der Waals surface area contributed by atoms with Crippen molar-refractivity contribution in [2.45, 2.75) is 18.7 Å². The van der Waals surface area contributed by atoms with Gasteiger partial charge in [0.25, 0.3) is 0 Å². The molecule has 0 amide bonds. The third-order valence-electron chi connectivity index (χ3n) is 2.45. The Hall–Kier alpha value is -1.18. The molecule has 0 spiro atoms. The molecule has 1 rings (SSSR count). The fourth-order valence-electron chi connectivity index (χ4n) is 1.55. The van der Waals surface area contributed by atoms with Gasteiger partial charge in [-0.15, -0.1) is 0 Å². The van der Waals surface area contributed by atoms with E-state index in [4.69, 9.17) is 15.6 Å². The van der Waals surface area contributed by atoms with Gasteiger partial charge in [0.15, 0.2) is 0 Å². The summed E-state index contributed by atoms with van der Waals surface area (Å²) in [6, 6.07) is 2.20. The Balaban J connectivity index is 2.94. The zero-order valence-electron chi connectivity index (χ0n) is 10.1. The Kier molecular flexibility index (Phi) is 5.71. The highest BCUT2D eigenvalue weighted by Gasteiger charge is 2.32. The molecule has 3 nitrogen and oxygen atoms in total. The van der Waals surface area contributed by atoms with Crippen LogP contribution < -0.4 is 5.73 Å². The van der Waals surface area contributed by atoms with Gasteiger partial charge in [-0.1, -0.05) is 0 Å². The highest BCUT2D eigenvalue weighted by atomic mass is 19.4. The Morgan fingerprint density at radius 1 is 1.26 bits per heavy atom. The summed E-state index contributed by atoms with van der Waals surface area (Å²) in [6.45, 7) is -0.0450. The third-order valence-corrected chi connectivity index (χ3v) is 2.45. The van der Waals surface area contributed by atoms with Crippen LogP contribution >= 0.6 is 0 Å². The van der Waals surface area contributed by atoms with E-state index in [0.717, 1.165) is 12.1 Å². The summed E-state index contributed by atoms with van der Waals surface area (Å²) in [5, 5.41) is 8.60. The molecule has 108 valence electrons. The second-order valence-corrected chi connectivity index (χ2v) is 3.94. The SMILES string of the molecule is NCC(OCCCO)c1cc(F)cc(C(F)(F)F)c1. The van der Waals surface area contributed by atoms with Crippen molar-refractivity contribution in [3.63, 3.8) is 0 Å². The normalized spacial score (nSPS) is 13.6. The molecule has 7 heteroatoms. The van der Waals surface area contributed by atoms with Crippen LogP contribution in [0.25, 0.3) is 0 Å². The Bertz CT molecular complexity index is 409. The molecule has 0 radical (unpaired) electrons. The molecule has 0 fully saturated rings. The number of hydrogen-bond donors (Lipinski definition) is 2. The van der Waals surface area contributed by atoms with Crippen molar-refractivity contribution in [3.8, 4) is 0 Å². The van der Waals surface area contributed by atoms with Crippen molar-refractivity contribution in [2.24, 2.45) is 5.73 Å². The zero-order chi connectivity index (χ0) is 14.5. The van der Waals surface area contributed by atoms with E-state index in [1.165, 1.54) is 0 Å². The lowest BCUT2D eigenvalue weighted by Gasteiger charge is -2.18. The molecule has 0 aliphatic heterocycles. The minimum Gasteiger partial charge on any atom is -0.396 e. The lowest BCUT2D eigenvalue weighted by atomic mass is 10.1. The zero-order valence-corrected chi connectivity index (χ0v) is 10.1. The standard InChI is InChI=1S/C12H15F4NO2/c13-10-5-8(4-9(6-10)12(14,15)16)11(7-17)19-3-1-2-18/h4-6,11,18H,1-3,7,17H2. The number of halogens is 4. The average Bonchev–Trinajstić information content (AvgIpc) is 2.33. The van der Waals surface area contributed by atoms with Crippen molar-refractivity contribution in [2.75, 3.05) is 19.8 Å². The van der Waals surface area contributed by atoms with E-state index in [9.17, 15) is 17.6 Å². The van der Waals surface area contributed by atoms with Crippen LogP contribution in [0.5, 0.6) is 0 Å². The molecule has 1 aromatic carbocycles. The van der Waals surface area contributed by atoms with Crippen molar-refractivity contribution < 1.29 is 27.4 Å². The van der Waals surface area contributed by atoms with Crippen LogP contribution in [0.3, 0.4) is 0 Å². The van der Waals surface area contributed by atoms with Crippen molar-refractivity contribution in [3.05, 3.63) is 35.1 Å². The first-order valence-electron chi connectivity index (χ1n) is 5.68. The smallest absolute Gasteiger partial charge is 0.396 e. The fraction of sp³-hybridized carbons (Fsp3) is 0.500. The summed E-state index contributed by atoms with van der Waals surface area (Å²) >= 11 is 0.